The van der Waals surface area contributed by atoms with Crippen LogP contribution >= 0.6 is 0 Å². The predicted octanol–water partition coefficient (Wildman–Crippen LogP) is 0.972. The van der Waals surface area contributed by atoms with Crippen LogP contribution in [0.15, 0.2) is 12.1 Å². The van der Waals surface area contributed by atoms with Gasteiger partial charge in [0.2, 0.25) is 0 Å². The number of allylic oxidation sites excluding steroid dienone is 1. The Kier molecular flexibility index (Phi) is 4.76. The van der Waals surface area contributed by atoms with Crippen molar-refractivity contribution in [1.82, 2.24) is 0 Å². The molecule has 0 aromatic carbocycles. The minimum atomic E-state index is 0.563. The first-order valence-electron chi connectivity index (χ1n) is 2.15. The van der Waals surface area contributed by atoms with Crippen LogP contribution in [0.5, 0.6) is 0 Å². The molecular formula is C5H6BN. The van der Waals surface area contributed by atoms with Gasteiger partial charge in [-0.1, -0.05) is 6.08 Å². The summed E-state index contributed by atoms with van der Waals surface area (Å²) in [6.45, 7) is 0. The summed E-state index contributed by atoms with van der Waals surface area (Å²) in [5.41, 5.74) is 0. The molecule has 0 atom stereocenters. The minimum Gasteiger partial charge on any atom is -0.198 e. The molecule has 0 saturated heterocycles. The van der Waals surface area contributed by atoms with E-state index in [4.69, 9.17) is 13.1 Å². The van der Waals surface area contributed by atoms with Gasteiger partial charge in [0, 0.05) is 6.42 Å². The smallest absolute Gasteiger partial charge is 0.102 e. The lowest BCUT2D eigenvalue weighted by Gasteiger charge is -1.74. The average Bonchev–Trinajstić information content (AvgIpc) is 1.69. The normalized spacial score (nSPS) is 9.00. The van der Waals surface area contributed by atoms with E-state index in [0.717, 1.165) is 6.42 Å². The molecule has 0 aromatic heterocycles. The molecule has 0 aliphatic carbocycles. The van der Waals surface area contributed by atoms with Crippen LogP contribution in [-0.4, -0.2) is 7.85 Å². The second-order valence-electron chi connectivity index (χ2n) is 1.12. The molecule has 0 heterocycles. The van der Waals surface area contributed by atoms with Crippen molar-refractivity contribution < 1.29 is 0 Å². The van der Waals surface area contributed by atoms with Crippen molar-refractivity contribution in [1.29, 1.82) is 5.26 Å². The van der Waals surface area contributed by atoms with Crippen molar-refractivity contribution >= 4 is 7.85 Å². The van der Waals surface area contributed by atoms with Gasteiger partial charge in [-0.05, 0) is 6.42 Å². The van der Waals surface area contributed by atoms with Gasteiger partial charge in [-0.15, -0.1) is 5.98 Å². The van der Waals surface area contributed by atoms with Crippen LogP contribution in [0, 0.1) is 11.3 Å². The lowest BCUT2D eigenvalue weighted by atomic mass is 10.1. The third-order valence-corrected chi connectivity index (χ3v) is 0.559. The van der Waals surface area contributed by atoms with Crippen molar-refractivity contribution in [3.63, 3.8) is 0 Å². The summed E-state index contributed by atoms with van der Waals surface area (Å²) >= 11 is 0. The van der Waals surface area contributed by atoms with Gasteiger partial charge >= 0.3 is 0 Å². The second-order valence-corrected chi connectivity index (χ2v) is 1.12. The Bertz CT molecular complexity index is 90.7. The SMILES string of the molecule is [B]/C=C/CCC#N. The first kappa shape index (κ1) is 6.29. The highest BCUT2D eigenvalue weighted by Crippen LogP contribution is 1.84. The van der Waals surface area contributed by atoms with Crippen molar-refractivity contribution in [2.75, 3.05) is 0 Å². The van der Waals surface area contributed by atoms with E-state index in [-0.39, 0.29) is 0 Å². The molecule has 1 nitrogen and oxygen atoms in total. The Hall–Kier alpha value is -0.705. The average molecular weight is 90.9 g/mol. The van der Waals surface area contributed by atoms with E-state index in [1.165, 1.54) is 5.98 Å². The molecule has 0 amide bonds. The van der Waals surface area contributed by atoms with Crippen LogP contribution in [0.3, 0.4) is 0 Å². The van der Waals surface area contributed by atoms with Crippen LogP contribution in [0.4, 0.5) is 0 Å². The van der Waals surface area contributed by atoms with Gasteiger partial charge in [0.15, 0.2) is 0 Å². The van der Waals surface area contributed by atoms with Crippen LogP contribution < -0.4 is 0 Å². The van der Waals surface area contributed by atoms with Crippen molar-refractivity contribution in [2.24, 2.45) is 0 Å². The van der Waals surface area contributed by atoms with Gasteiger partial charge in [-0.3, -0.25) is 0 Å². The van der Waals surface area contributed by atoms with E-state index in [1.807, 2.05) is 6.07 Å². The van der Waals surface area contributed by atoms with Crippen LogP contribution in [0.1, 0.15) is 12.8 Å². The summed E-state index contributed by atoms with van der Waals surface area (Å²) in [6.07, 6.45) is 3.10. The van der Waals surface area contributed by atoms with Crippen molar-refractivity contribution in [3.8, 4) is 6.07 Å². The molecule has 0 bridgehead atoms. The Labute approximate surface area is 45.1 Å². The minimum absolute atomic E-state index is 0.563. The topological polar surface area (TPSA) is 23.8 Å². The number of unbranched alkanes of at least 4 members (excludes halogenated alkanes) is 1. The fourth-order valence-electron chi connectivity index (χ4n) is 0.244. The molecule has 0 N–H and O–H groups in total. The van der Waals surface area contributed by atoms with E-state index in [0.29, 0.717) is 6.42 Å². The highest BCUT2D eigenvalue weighted by atomic mass is 14.2. The summed E-state index contributed by atoms with van der Waals surface area (Å²) in [7, 11) is 4.98. The first-order chi connectivity index (χ1) is 3.41. The number of nitriles is 1. The lowest BCUT2D eigenvalue weighted by molar-refractivity contribution is 1.06. The molecule has 0 saturated carbocycles. The predicted molar refractivity (Wildman–Crippen MR) is 29.7 cm³/mol. The molecule has 0 aliphatic rings. The van der Waals surface area contributed by atoms with Gasteiger partial charge in [0.1, 0.15) is 7.85 Å². The molecule has 0 rings (SSSR count). The van der Waals surface area contributed by atoms with Gasteiger partial charge in [0.05, 0.1) is 6.07 Å². The van der Waals surface area contributed by atoms with Crippen molar-refractivity contribution in [2.45, 2.75) is 12.8 Å². The zero-order valence-electron chi connectivity index (χ0n) is 4.09. The van der Waals surface area contributed by atoms with Gasteiger partial charge in [-0.2, -0.15) is 5.26 Å². The Morgan fingerprint density at radius 2 is 2.43 bits per heavy atom. The third-order valence-electron chi connectivity index (χ3n) is 0.559. The first-order valence-corrected chi connectivity index (χ1v) is 2.15. The highest BCUT2D eigenvalue weighted by Gasteiger charge is 1.71. The largest absolute Gasteiger partial charge is 0.198 e. The number of hydrogen-bond acceptors (Lipinski definition) is 1. The molecule has 34 valence electrons. The van der Waals surface area contributed by atoms with Gasteiger partial charge in [0.25, 0.3) is 0 Å². The molecule has 0 aliphatic heterocycles. The summed E-state index contributed by atoms with van der Waals surface area (Å²) in [5, 5.41) is 7.97. The van der Waals surface area contributed by atoms with E-state index in [2.05, 4.69) is 0 Å². The van der Waals surface area contributed by atoms with Gasteiger partial charge < -0.3 is 0 Å². The van der Waals surface area contributed by atoms with Crippen molar-refractivity contribution in [3.05, 3.63) is 12.1 Å². The fraction of sp³-hybridized carbons (Fsp3) is 0.400. The summed E-state index contributed by atoms with van der Waals surface area (Å²) in [6, 6.07) is 2.00. The molecule has 2 radical (unpaired) electrons. The lowest BCUT2D eigenvalue weighted by Crippen LogP contribution is -1.61. The Morgan fingerprint density at radius 1 is 1.71 bits per heavy atom. The van der Waals surface area contributed by atoms with E-state index < -0.39 is 0 Å². The molecule has 0 unspecified atom stereocenters. The molecular weight excluding hydrogens is 84.9 g/mol. The monoisotopic (exact) mass is 91.1 g/mol. The summed E-state index contributed by atoms with van der Waals surface area (Å²) in [4.78, 5) is 0. The Morgan fingerprint density at radius 3 is 2.86 bits per heavy atom. The summed E-state index contributed by atoms with van der Waals surface area (Å²) < 4.78 is 0. The van der Waals surface area contributed by atoms with E-state index >= 15 is 0 Å². The number of nitrogens with zero attached hydrogens (tertiary/aromatic N) is 1. The van der Waals surface area contributed by atoms with E-state index in [9.17, 15) is 0 Å². The third kappa shape index (κ3) is 5.29. The maximum Gasteiger partial charge on any atom is 0.102 e. The zero-order valence-corrected chi connectivity index (χ0v) is 4.09. The maximum absolute atomic E-state index is 7.97. The molecule has 0 fully saturated rings. The van der Waals surface area contributed by atoms with Crippen LogP contribution in [-0.2, 0) is 0 Å². The number of rotatable bonds is 2. The standard InChI is InChI=1S/C5H6BN/c6-4-2-1-3-5-7/h2,4H,1,3H2/b4-2+. The van der Waals surface area contributed by atoms with Crippen LogP contribution in [0.2, 0.25) is 0 Å². The van der Waals surface area contributed by atoms with Gasteiger partial charge in [-0.25, -0.2) is 0 Å². The number of hydrogen-bond donors (Lipinski definition) is 0. The van der Waals surface area contributed by atoms with E-state index in [1.54, 1.807) is 6.08 Å². The molecule has 0 aromatic rings. The summed E-state index contributed by atoms with van der Waals surface area (Å²) in [5.74, 6) is 1.46. The zero-order chi connectivity index (χ0) is 5.54. The quantitative estimate of drug-likeness (QED) is 0.367. The molecule has 2 heteroatoms. The molecule has 7 heavy (non-hydrogen) atoms. The van der Waals surface area contributed by atoms with Crippen LogP contribution in [0.25, 0.3) is 0 Å². The Balaban J connectivity index is 2.87. The fourth-order valence-corrected chi connectivity index (χ4v) is 0.244. The molecule has 0 spiro atoms. The maximum atomic E-state index is 7.97. The second kappa shape index (κ2) is 5.29. The highest BCUT2D eigenvalue weighted by molar-refractivity contribution is 6.16.